The van der Waals surface area contributed by atoms with Gasteiger partial charge in [-0.25, -0.2) is 0 Å². The number of nitrogens with two attached hydrogens (primary N) is 1. The molecular weight excluding hydrogens is 226 g/mol. The third kappa shape index (κ3) is 2.82. The van der Waals surface area contributed by atoms with Gasteiger partial charge in [0.25, 0.3) is 5.91 Å². The standard InChI is InChI=1S/C14H21N3O/c1-2-17(10-11-6-5-9-16-11)13-8-4-3-7-12(13)14(15)18/h3-4,7-8,11,16H,2,5-6,9-10H2,1H3,(H2,15,18). The molecule has 18 heavy (non-hydrogen) atoms. The van der Waals surface area contributed by atoms with Gasteiger partial charge in [-0.3, -0.25) is 4.79 Å². The van der Waals surface area contributed by atoms with Gasteiger partial charge in [0.1, 0.15) is 0 Å². The fraction of sp³-hybridized carbons (Fsp3) is 0.500. The minimum absolute atomic E-state index is 0.358. The molecule has 0 aliphatic carbocycles. The predicted molar refractivity (Wildman–Crippen MR) is 73.9 cm³/mol. The molecule has 1 aromatic rings. The smallest absolute Gasteiger partial charge is 0.250 e. The van der Waals surface area contributed by atoms with E-state index in [1.165, 1.54) is 12.8 Å². The molecule has 1 aliphatic heterocycles. The Morgan fingerprint density at radius 2 is 2.28 bits per heavy atom. The number of carbonyl (C=O) groups is 1. The summed E-state index contributed by atoms with van der Waals surface area (Å²) in [6.45, 7) is 5.01. The Labute approximate surface area is 108 Å². The number of carbonyl (C=O) groups excluding carboxylic acids is 1. The van der Waals surface area contributed by atoms with E-state index in [0.717, 1.165) is 25.3 Å². The van der Waals surface area contributed by atoms with E-state index in [1.807, 2.05) is 18.2 Å². The second kappa shape index (κ2) is 5.87. The SMILES string of the molecule is CCN(CC1CCCN1)c1ccccc1C(N)=O. The molecule has 1 aliphatic rings. The van der Waals surface area contributed by atoms with E-state index in [9.17, 15) is 4.79 Å². The second-order valence-electron chi connectivity index (χ2n) is 4.71. The first-order chi connectivity index (χ1) is 8.72. The van der Waals surface area contributed by atoms with Crippen LogP contribution in [0, 0.1) is 0 Å². The highest BCUT2D eigenvalue weighted by Gasteiger charge is 2.19. The normalized spacial score (nSPS) is 18.8. The van der Waals surface area contributed by atoms with Gasteiger partial charge in [0, 0.05) is 24.8 Å². The molecule has 1 atom stereocenters. The van der Waals surface area contributed by atoms with Crippen LogP contribution in [0.5, 0.6) is 0 Å². The van der Waals surface area contributed by atoms with Crippen molar-refractivity contribution in [3.05, 3.63) is 29.8 Å². The van der Waals surface area contributed by atoms with E-state index in [1.54, 1.807) is 6.07 Å². The van der Waals surface area contributed by atoms with Crippen molar-refractivity contribution in [1.29, 1.82) is 0 Å². The molecule has 4 nitrogen and oxygen atoms in total. The largest absolute Gasteiger partial charge is 0.370 e. The quantitative estimate of drug-likeness (QED) is 0.826. The summed E-state index contributed by atoms with van der Waals surface area (Å²) in [6, 6.07) is 8.09. The van der Waals surface area contributed by atoms with Crippen LogP contribution in [0.4, 0.5) is 5.69 Å². The summed E-state index contributed by atoms with van der Waals surface area (Å²) in [4.78, 5) is 13.7. The van der Waals surface area contributed by atoms with E-state index in [0.29, 0.717) is 11.6 Å². The minimum Gasteiger partial charge on any atom is -0.370 e. The summed E-state index contributed by atoms with van der Waals surface area (Å²) in [5, 5.41) is 3.48. The monoisotopic (exact) mass is 247 g/mol. The maximum Gasteiger partial charge on any atom is 0.250 e. The van der Waals surface area contributed by atoms with Crippen LogP contribution in [0.2, 0.25) is 0 Å². The van der Waals surface area contributed by atoms with Gasteiger partial charge in [-0.1, -0.05) is 12.1 Å². The van der Waals surface area contributed by atoms with Crippen LogP contribution in [0.1, 0.15) is 30.1 Å². The molecule has 1 heterocycles. The summed E-state index contributed by atoms with van der Waals surface area (Å²) in [6.07, 6.45) is 2.44. The number of para-hydroxylation sites is 1. The molecule has 98 valence electrons. The number of nitrogens with one attached hydrogen (secondary N) is 1. The van der Waals surface area contributed by atoms with Crippen LogP contribution < -0.4 is 16.0 Å². The topological polar surface area (TPSA) is 58.4 Å². The van der Waals surface area contributed by atoms with Gasteiger partial charge in [0.15, 0.2) is 0 Å². The zero-order valence-corrected chi connectivity index (χ0v) is 10.9. The predicted octanol–water partition coefficient (Wildman–Crippen LogP) is 1.36. The van der Waals surface area contributed by atoms with Gasteiger partial charge in [0.05, 0.1) is 5.56 Å². The molecule has 1 fully saturated rings. The van der Waals surface area contributed by atoms with Crippen LogP contribution in [0.3, 0.4) is 0 Å². The van der Waals surface area contributed by atoms with Crippen molar-refractivity contribution in [3.8, 4) is 0 Å². The van der Waals surface area contributed by atoms with Crippen molar-refractivity contribution in [2.75, 3.05) is 24.5 Å². The first-order valence-corrected chi connectivity index (χ1v) is 6.59. The molecule has 0 saturated carbocycles. The zero-order valence-electron chi connectivity index (χ0n) is 10.9. The van der Waals surface area contributed by atoms with Crippen molar-refractivity contribution >= 4 is 11.6 Å². The number of nitrogens with zero attached hydrogens (tertiary/aromatic N) is 1. The molecule has 3 N–H and O–H groups in total. The third-order valence-corrected chi connectivity index (χ3v) is 3.50. The Morgan fingerprint density at radius 1 is 1.50 bits per heavy atom. The van der Waals surface area contributed by atoms with Gasteiger partial charge in [-0.2, -0.15) is 0 Å². The number of amides is 1. The zero-order chi connectivity index (χ0) is 13.0. The van der Waals surface area contributed by atoms with Crippen LogP contribution in [0.25, 0.3) is 0 Å². The summed E-state index contributed by atoms with van der Waals surface area (Å²) in [5.41, 5.74) is 6.99. The van der Waals surface area contributed by atoms with E-state index in [4.69, 9.17) is 5.73 Å². The summed E-state index contributed by atoms with van der Waals surface area (Å²) < 4.78 is 0. The first kappa shape index (κ1) is 12.9. The highest BCUT2D eigenvalue weighted by molar-refractivity contribution is 5.98. The molecule has 1 unspecified atom stereocenters. The van der Waals surface area contributed by atoms with Crippen LogP contribution in [0.15, 0.2) is 24.3 Å². The molecule has 4 heteroatoms. The van der Waals surface area contributed by atoms with E-state index >= 15 is 0 Å². The van der Waals surface area contributed by atoms with E-state index < -0.39 is 0 Å². The number of rotatable bonds is 5. The van der Waals surface area contributed by atoms with Gasteiger partial charge in [-0.05, 0) is 38.4 Å². The molecule has 1 amide bonds. The lowest BCUT2D eigenvalue weighted by Gasteiger charge is -2.28. The lowest BCUT2D eigenvalue weighted by molar-refractivity contribution is 0.100. The average molecular weight is 247 g/mol. The lowest BCUT2D eigenvalue weighted by Crippen LogP contribution is -2.38. The van der Waals surface area contributed by atoms with Gasteiger partial charge in [-0.15, -0.1) is 0 Å². The Morgan fingerprint density at radius 3 is 2.89 bits per heavy atom. The van der Waals surface area contributed by atoms with Crippen LogP contribution in [-0.2, 0) is 0 Å². The first-order valence-electron chi connectivity index (χ1n) is 6.59. The van der Waals surface area contributed by atoms with Crippen LogP contribution in [-0.4, -0.2) is 31.6 Å². The summed E-state index contributed by atoms with van der Waals surface area (Å²) in [5.74, 6) is -0.358. The van der Waals surface area contributed by atoms with Crippen molar-refractivity contribution < 1.29 is 4.79 Å². The highest BCUT2D eigenvalue weighted by atomic mass is 16.1. The summed E-state index contributed by atoms with van der Waals surface area (Å²) >= 11 is 0. The Hall–Kier alpha value is -1.55. The molecule has 0 spiro atoms. The maximum absolute atomic E-state index is 11.5. The molecule has 1 saturated heterocycles. The Kier molecular flexibility index (Phi) is 4.20. The van der Waals surface area contributed by atoms with Crippen LogP contribution >= 0.6 is 0 Å². The number of primary amides is 1. The van der Waals surface area contributed by atoms with Crippen molar-refractivity contribution in [3.63, 3.8) is 0 Å². The Balaban J connectivity index is 2.18. The third-order valence-electron chi connectivity index (χ3n) is 3.50. The lowest BCUT2D eigenvalue weighted by atomic mass is 10.1. The maximum atomic E-state index is 11.5. The molecule has 1 aromatic carbocycles. The fourth-order valence-electron chi connectivity index (χ4n) is 2.53. The van der Waals surface area contributed by atoms with Crippen molar-refractivity contribution in [2.24, 2.45) is 5.73 Å². The highest BCUT2D eigenvalue weighted by Crippen LogP contribution is 2.21. The van der Waals surface area contributed by atoms with E-state index in [2.05, 4.69) is 17.1 Å². The van der Waals surface area contributed by atoms with Crippen molar-refractivity contribution in [1.82, 2.24) is 5.32 Å². The number of hydrogen-bond donors (Lipinski definition) is 2. The molecule has 2 rings (SSSR count). The fourth-order valence-corrected chi connectivity index (χ4v) is 2.53. The van der Waals surface area contributed by atoms with Gasteiger partial charge >= 0.3 is 0 Å². The minimum atomic E-state index is -0.358. The molecule has 0 radical (unpaired) electrons. The molecular formula is C14H21N3O. The number of hydrogen-bond acceptors (Lipinski definition) is 3. The molecule has 0 bridgehead atoms. The van der Waals surface area contributed by atoms with Gasteiger partial charge in [0.2, 0.25) is 0 Å². The number of benzene rings is 1. The second-order valence-corrected chi connectivity index (χ2v) is 4.71. The van der Waals surface area contributed by atoms with Gasteiger partial charge < -0.3 is 16.0 Å². The van der Waals surface area contributed by atoms with E-state index in [-0.39, 0.29) is 5.91 Å². The number of anilines is 1. The average Bonchev–Trinajstić information content (AvgIpc) is 2.88. The van der Waals surface area contributed by atoms with Crippen molar-refractivity contribution in [2.45, 2.75) is 25.8 Å². The molecule has 0 aromatic heterocycles. The number of likely N-dealkylation sites (N-methyl/N-ethyl adjacent to an activating group) is 1. The summed E-state index contributed by atoms with van der Waals surface area (Å²) in [7, 11) is 0. The Bertz CT molecular complexity index is 413.